The normalized spacial score (nSPS) is 24.6. The number of nitrogens with zero attached hydrogens (tertiary/aromatic N) is 1. The molecule has 1 heterocycles. The van der Waals surface area contributed by atoms with E-state index in [2.05, 4.69) is 17.2 Å². The van der Waals surface area contributed by atoms with E-state index in [1.807, 2.05) is 43.3 Å². The maximum Gasteiger partial charge on any atom is 0.227 e. The molecule has 4 rings (SSSR count). The van der Waals surface area contributed by atoms with Crippen LogP contribution < -0.4 is 5.32 Å². The Balaban J connectivity index is 1.53. The summed E-state index contributed by atoms with van der Waals surface area (Å²) in [6.07, 6.45) is 7.15. The number of nitrogens with one attached hydrogen (secondary N) is 1. The molecule has 1 aromatic heterocycles. The number of carbonyl (C=O) groups is 2. The van der Waals surface area contributed by atoms with Crippen molar-refractivity contribution in [3.05, 3.63) is 59.3 Å². The number of pyridine rings is 1. The van der Waals surface area contributed by atoms with Crippen molar-refractivity contribution in [3.8, 4) is 11.3 Å². The summed E-state index contributed by atoms with van der Waals surface area (Å²) >= 11 is 6.36. The molecule has 4 nitrogen and oxygen atoms in total. The SMILES string of the molecule is C[C@@H]1CC[C@@H]([C@@H](C)C(=O)Nc2ccc(Cl)c(-c3ccccn3)c2)C2=CC(=O)CC[C@H]21. The predicted molar refractivity (Wildman–Crippen MR) is 120 cm³/mol. The Labute approximate surface area is 182 Å². The van der Waals surface area contributed by atoms with Crippen LogP contribution in [0.25, 0.3) is 11.3 Å². The Morgan fingerprint density at radius 2 is 2.03 bits per heavy atom. The second kappa shape index (κ2) is 8.73. The first-order chi connectivity index (χ1) is 14.4. The third-order valence-corrected chi connectivity index (χ3v) is 7.03. The Morgan fingerprint density at radius 1 is 1.20 bits per heavy atom. The van der Waals surface area contributed by atoms with Gasteiger partial charge in [-0.1, -0.05) is 37.1 Å². The molecule has 2 aliphatic carbocycles. The van der Waals surface area contributed by atoms with E-state index in [9.17, 15) is 9.59 Å². The second-order valence-electron chi connectivity index (χ2n) is 8.60. The minimum atomic E-state index is -0.203. The van der Waals surface area contributed by atoms with E-state index in [0.717, 1.165) is 30.5 Å². The molecule has 0 radical (unpaired) electrons. The number of hydrogen-bond donors (Lipinski definition) is 1. The molecule has 156 valence electrons. The van der Waals surface area contributed by atoms with Gasteiger partial charge in [0, 0.05) is 29.8 Å². The highest BCUT2D eigenvalue weighted by molar-refractivity contribution is 6.33. The van der Waals surface area contributed by atoms with Gasteiger partial charge in [0.15, 0.2) is 5.78 Å². The molecule has 30 heavy (non-hydrogen) atoms. The van der Waals surface area contributed by atoms with Crippen LogP contribution in [-0.2, 0) is 9.59 Å². The van der Waals surface area contributed by atoms with Gasteiger partial charge >= 0.3 is 0 Å². The van der Waals surface area contributed by atoms with Crippen molar-refractivity contribution in [2.75, 3.05) is 5.32 Å². The summed E-state index contributed by atoms with van der Waals surface area (Å²) in [7, 11) is 0. The summed E-state index contributed by atoms with van der Waals surface area (Å²) in [4.78, 5) is 29.5. The standard InChI is InChI=1S/C25H27ClN2O2/c1-15-6-9-20(21-14-18(29)8-10-19(15)21)16(2)25(30)28-17-7-11-23(26)22(13-17)24-5-3-4-12-27-24/h3-5,7,11-16,19-20H,6,8-10H2,1-2H3,(H,28,30)/t15-,16-,19+,20+/m1/s1. The molecule has 1 aromatic carbocycles. The van der Waals surface area contributed by atoms with Gasteiger partial charge < -0.3 is 5.32 Å². The maximum atomic E-state index is 13.1. The molecule has 1 amide bonds. The third kappa shape index (κ3) is 4.20. The van der Waals surface area contributed by atoms with Crippen LogP contribution in [0.2, 0.25) is 5.02 Å². The molecule has 0 bridgehead atoms. The first kappa shape index (κ1) is 20.8. The number of hydrogen-bond acceptors (Lipinski definition) is 3. The Morgan fingerprint density at radius 3 is 2.80 bits per heavy atom. The van der Waals surface area contributed by atoms with Gasteiger partial charge in [0.2, 0.25) is 5.91 Å². The van der Waals surface area contributed by atoms with Crippen LogP contribution in [0.5, 0.6) is 0 Å². The van der Waals surface area contributed by atoms with Gasteiger partial charge in [0.25, 0.3) is 0 Å². The number of carbonyl (C=O) groups excluding carboxylic acids is 2. The molecule has 0 aliphatic heterocycles. The molecule has 4 atom stereocenters. The fourth-order valence-corrected chi connectivity index (χ4v) is 5.15. The summed E-state index contributed by atoms with van der Waals surface area (Å²) in [6, 6.07) is 11.1. The van der Waals surface area contributed by atoms with Crippen molar-refractivity contribution in [1.29, 1.82) is 0 Å². The average molecular weight is 423 g/mol. The fraction of sp³-hybridized carbons (Fsp3) is 0.400. The highest BCUT2D eigenvalue weighted by Crippen LogP contribution is 2.45. The zero-order chi connectivity index (χ0) is 21.3. The van der Waals surface area contributed by atoms with E-state index >= 15 is 0 Å². The van der Waals surface area contributed by atoms with E-state index in [4.69, 9.17) is 11.6 Å². The average Bonchev–Trinajstić information content (AvgIpc) is 2.75. The van der Waals surface area contributed by atoms with Crippen molar-refractivity contribution >= 4 is 29.0 Å². The largest absolute Gasteiger partial charge is 0.326 e. The van der Waals surface area contributed by atoms with Gasteiger partial charge in [0.1, 0.15) is 0 Å². The molecule has 1 saturated carbocycles. The topological polar surface area (TPSA) is 59.1 Å². The van der Waals surface area contributed by atoms with Crippen molar-refractivity contribution in [2.45, 2.75) is 39.5 Å². The summed E-state index contributed by atoms with van der Waals surface area (Å²) in [5.74, 6) is 1.10. The first-order valence-electron chi connectivity index (χ1n) is 10.7. The molecule has 2 aromatic rings. The highest BCUT2D eigenvalue weighted by atomic mass is 35.5. The Kier molecular flexibility index (Phi) is 6.05. The zero-order valence-corrected chi connectivity index (χ0v) is 18.2. The number of allylic oxidation sites excluding steroid dienone is 2. The van der Waals surface area contributed by atoms with Crippen LogP contribution in [0.15, 0.2) is 54.2 Å². The minimum Gasteiger partial charge on any atom is -0.326 e. The molecular formula is C25H27ClN2O2. The second-order valence-corrected chi connectivity index (χ2v) is 9.01. The molecule has 2 aliphatic rings. The van der Waals surface area contributed by atoms with Gasteiger partial charge in [-0.2, -0.15) is 0 Å². The van der Waals surface area contributed by atoms with Crippen LogP contribution in [0.4, 0.5) is 5.69 Å². The van der Waals surface area contributed by atoms with Gasteiger partial charge in [-0.25, -0.2) is 0 Å². The molecular weight excluding hydrogens is 396 g/mol. The number of rotatable bonds is 4. The van der Waals surface area contributed by atoms with E-state index in [1.165, 1.54) is 5.57 Å². The van der Waals surface area contributed by atoms with E-state index in [1.54, 1.807) is 12.3 Å². The van der Waals surface area contributed by atoms with E-state index in [-0.39, 0.29) is 23.5 Å². The molecule has 0 saturated heterocycles. The lowest BCUT2D eigenvalue weighted by Crippen LogP contribution is -2.37. The Bertz CT molecular complexity index is 986. The number of benzene rings is 1. The molecule has 5 heteroatoms. The minimum absolute atomic E-state index is 0.0264. The van der Waals surface area contributed by atoms with E-state index in [0.29, 0.717) is 29.0 Å². The van der Waals surface area contributed by atoms with Crippen molar-refractivity contribution in [3.63, 3.8) is 0 Å². The number of fused-ring (bicyclic) bond motifs is 1. The van der Waals surface area contributed by atoms with Gasteiger partial charge in [-0.3, -0.25) is 14.6 Å². The van der Waals surface area contributed by atoms with Gasteiger partial charge in [-0.15, -0.1) is 0 Å². The van der Waals surface area contributed by atoms with Crippen LogP contribution in [0.3, 0.4) is 0 Å². The van der Waals surface area contributed by atoms with Gasteiger partial charge in [-0.05, 0) is 73.4 Å². The van der Waals surface area contributed by atoms with Crippen LogP contribution in [0.1, 0.15) is 39.5 Å². The zero-order valence-electron chi connectivity index (χ0n) is 17.4. The number of anilines is 1. The van der Waals surface area contributed by atoms with Crippen LogP contribution in [0, 0.1) is 23.7 Å². The molecule has 1 N–H and O–H groups in total. The van der Waals surface area contributed by atoms with Crippen LogP contribution >= 0.6 is 11.6 Å². The van der Waals surface area contributed by atoms with Crippen molar-refractivity contribution in [1.82, 2.24) is 4.98 Å². The monoisotopic (exact) mass is 422 g/mol. The number of ketones is 1. The van der Waals surface area contributed by atoms with Crippen molar-refractivity contribution < 1.29 is 9.59 Å². The molecule has 1 fully saturated rings. The summed E-state index contributed by atoms with van der Waals surface area (Å²) in [6.45, 7) is 4.24. The van der Waals surface area contributed by atoms with Crippen LogP contribution in [-0.4, -0.2) is 16.7 Å². The third-order valence-electron chi connectivity index (χ3n) is 6.70. The summed E-state index contributed by atoms with van der Waals surface area (Å²) in [5.41, 5.74) is 3.45. The lowest BCUT2D eigenvalue weighted by atomic mass is 9.64. The molecule has 0 spiro atoms. The number of aromatic nitrogens is 1. The molecule has 0 unspecified atom stereocenters. The fourth-order valence-electron chi connectivity index (χ4n) is 4.93. The maximum absolute atomic E-state index is 13.1. The lowest BCUT2D eigenvalue weighted by Gasteiger charge is -2.41. The summed E-state index contributed by atoms with van der Waals surface area (Å²) in [5, 5.41) is 3.65. The Hall–Kier alpha value is -2.46. The lowest BCUT2D eigenvalue weighted by molar-refractivity contribution is -0.121. The highest BCUT2D eigenvalue weighted by Gasteiger charge is 2.39. The first-order valence-corrected chi connectivity index (χ1v) is 11.1. The van der Waals surface area contributed by atoms with Gasteiger partial charge in [0.05, 0.1) is 10.7 Å². The predicted octanol–water partition coefficient (Wildman–Crippen LogP) is 5.93. The smallest absolute Gasteiger partial charge is 0.227 e. The number of halogens is 1. The van der Waals surface area contributed by atoms with E-state index < -0.39 is 0 Å². The summed E-state index contributed by atoms with van der Waals surface area (Å²) < 4.78 is 0. The quantitative estimate of drug-likeness (QED) is 0.664. The number of amides is 1. The van der Waals surface area contributed by atoms with Crippen molar-refractivity contribution in [2.24, 2.45) is 23.7 Å².